The number of phosphoric acid groups is 1. The Hall–Kier alpha value is 2.12. The van der Waals surface area contributed by atoms with Crippen LogP contribution in [0.15, 0.2) is 0 Å². The van der Waals surface area contributed by atoms with Gasteiger partial charge in [0.2, 0.25) is 6.16 Å². The fourth-order valence-corrected chi connectivity index (χ4v) is 0. The van der Waals surface area contributed by atoms with Crippen LogP contribution in [0.3, 0.4) is 0 Å². The predicted octanol–water partition coefficient (Wildman–Crippen LogP) is -4.70. The third-order valence-corrected chi connectivity index (χ3v) is 0. The number of rotatable bonds is 0. The number of hydrogen-bond acceptors (Lipinski definition) is 6. The summed E-state index contributed by atoms with van der Waals surface area (Å²) in [6.45, 7) is 0. The van der Waals surface area contributed by atoms with Crippen molar-refractivity contribution in [3.05, 3.63) is 0 Å². The van der Waals surface area contributed by atoms with Crippen LogP contribution in [0.5, 0.6) is 0 Å². The zero-order valence-corrected chi connectivity index (χ0v) is 11.8. The minimum Gasteiger partial charge on any atom is -0.822 e. The van der Waals surface area contributed by atoms with E-state index in [0.29, 0.717) is 0 Å². The maximum Gasteiger partial charge on any atom is 2.00 e. The van der Waals surface area contributed by atoms with E-state index in [-0.39, 0.29) is 83.2 Å². The number of carboxylic acid groups (broad SMARTS) is 2. The standard InChI is InChI=1S/CH2O3.Ca.H3O4P.Sr/c2-1(3)4;;1-5(2,3)4;/h(H2,2,3,4);;(H3,1,2,3,4);/q;+2;;+2/p-4. The first kappa shape index (κ1) is 23.2. The summed E-state index contributed by atoms with van der Waals surface area (Å²) < 4.78 is 8.55. The van der Waals surface area contributed by atoms with E-state index in [4.69, 9.17) is 34.3 Å². The molecule has 7 nitrogen and oxygen atoms in total. The van der Waals surface area contributed by atoms with Crippen LogP contribution in [0, 0.1) is 0 Å². The van der Waals surface area contributed by atoms with Crippen molar-refractivity contribution < 1.29 is 34.3 Å². The zero-order valence-electron chi connectivity index (χ0n) is 5.26. The summed E-state index contributed by atoms with van der Waals surface area (Å²) in [6.07, 6.45) is -2.08. The summed E-state index contributed by atoms with van der Waals surface area (Å²) in [6, 6.07) is 0. The number of hydrogen-bond donors (Lipinski definition) is 1. The Morgan fingerprint density at radius 2 is 1.27 bits per heavy atom. The topological polar surface area (TPSA) is 147 Å². The maximum atomic E-state index is 8.55. The molecule has 0 aliphatic rings. The van der Waals surface area contributed by atoms with E-state index in [9.17, 15) is 0 Å². The van der Waals surface area contributed by atoms with Crippen LogP contribution < -0.4 is 19.8 Å². The summed E-state index contributed by atoms with van der Waals surface area (Å²) in [5.74, 6) is 0. The molecule has 0 saturated heterocycles. The van der Waals surface area contributed by atoms with Crippen molar-refractivity contribution in [3.8, 4) is 0 Å². The van der Waals surface area contributed by atoms with Gasteiger partial charge in [-0.1, -0.05) is 0 Å². The molecule has 56 valence electrons. The van der Waals surface area contributed by atoms with Gasteiger partial charge < -0.3 is 34.3 Å². The summed E-state index contributed by atoms with van der Waals surface area (Å²) >= 11 is 0. The third-order valence-electron chi connectivity index (χ3n) is 0. The Bertz CT molecular complexity index is 118. The van der Waals surface area contributed by atoms with Crippen molar-refractivity contribution in [1.82, 2.24) is 0 Å². The van der Waals surface area contributed by atoms with Crippen LogP contribution in [0.25, 0.3) is 0 Å². The molecule has 0 aliphatic heterocycles. The average Bonchev–Trinajstić information content (AvgIpc) is 1.19. The predicted molar refractivity (Wildman–Crippen MR) is 27.1 cm³/mol. The smallest absolute Gasteiger partial charge is 0.822 e. The van der Waals surface area contributed by atoms with Crippen LogP contribution in [0.2, 0.25) is 0 Å². The van der Waals surface area contributed by atoms with Crippen LogP contribution >= 0.6 is 7.82 Å². The molecule has 1 N–H and O–H groups in total. The second-order valence-electron chi connectivity index (χ2n) is 0.713. The summed E-state index contributed by atoms with van der Waals surface area (Å²) in [5, 5.41) is 15.3. The normalized spacial score (nSPS) is 7.55. The first-order valence-electron chi connectivity index (χ1n) is 1.36. The van der Waals surface area contributed by atoms with Crippen LogP contribution in [-0.4, -0.2) is 94.5 Å². The molecular weight excluding hydrogens is 283 g/mol. The van der Waals surface area contributed by atoms with Gasteiger partial charge in [0.05, 0.1) is 0 Å². The van der Waals surface area contributed by atoms with Gasteiger partial charge in [0.25, 0.3) is 0 Å². The van der Waals surface area contributed by atoms with Crippen LogP contribution in [0.4, 0.5) is 4.79 Å². The molecule has 0 aliphatic carbocycles. The molecule has 0 fully saturated rings. The van der Waals surface area contributed by atoms with E-state index >= 15 is 0 Å². The fourth-order valence-electron chi connectivity index (χ4n) is 0. The Labute approximate surface area is 129 Å². The molecule has 0 aromatic heterocycles. The summed E-state index contributed by atoms with van der Waals surface area (Å²) in [4.78, 5) is 34.1. The molecule has 0 saturated carbocycles. The molecule has 0 amide bonds. The van der Waals surface area contributed by atoms with Gasteiger partial charge in [0.15, 0.2) is 0 Å². The molecule has 10 heteroatoms. The Balaban J connectivity index is -0.0000000383. The molecule has 0 aromatic rings. The van der Waals surface area contributed by atoms with E-state index in [1.807, 2.05) is 0 Å². The van der Waals surface area contributed by atoms with Crippen molar-refractivity contribution in [2.24, 2.45) is 0 Å². The molecule has 0 aromatic carbocycles. The molecule has 0 radical (unpaired) electrons. The van der Waals surface area contributed by atoms with Crippen LogP contribution in [-0.2, 0) is 4.57 Å². The van der Waals surface area contributed by atoms with Gasteiger partial charge in [0, 0.05) is 0 Å². The largest absolute Gasteiger partial charge is 2.00 e. The first-order chi connectivity index (χ1) is 3.73. The molecular formula is CHCaO7PSr. The van der Waals surface area contributed by atoms with E-state index in [1.165, 1.54) is 0 Å². The molecule has 0 bridgehead atoms. The maximum absolute atomic E-state index is 8.55. The molecule has 0 unspecified atom stereocenters. The average molecular weight is 284 g/mol. The summed E-state index contributed by atoms with van der Waals surface area (Å²) in [7, 11) is -5.39. The minimum atomic E-state index is -5.39. The fraction of sp³-hybridized carbons (Fsp3) is 0. The van der Waals surface area contributed by atoms with Gasteiger partial charge in [-0.3, -0.25) is 0 Å². The molecule has 0 atom stereocenters. The second kappa shape index (κ2) is 12.1. The van der Waals surface area contributed by atoms with Gasteiger partial charge in [-0.15, -0.1) is 0 Å². The first-order valence-corrected chi connectivity index (χ1v) is 2.82. The van der Waals surface area contributed by atoms with E-state index in [2.05, 4.69) is 0 Å². The van der Waals surface area contributed by atoms with Crippen molar-refractivity contribution in [2.45, 2.75) is 0 Å². The van der Waals surface area contributed by atoms with E-state index in [1.54, 1.807) is 0 Å². The number of carbonyl (C=O) groups is 1. The second-order valence-corrected chi connectivity index (χ2v) is 1.61. The molecule has 0 spiro atoms. The monoisotopic (exact) mass is 284 g/mol. The van der Waals surface area contributed by atoms with Crippen molar-refractivity contribution >= 4 is 97.2 Å². The quantitative estimate of drug-likeness (QED) is 0.347. The Morgan fingerprint density at radius 3 is 1.27 bits per heavy atom. The van der Waals surface area contributed by atoms with Crippen molar-refractivity contribution in [3.63, 3.8) is 0 Å². The van der Waals surface area contributed by atoms with Gasteiger partial charge >= 0.3 is 83.2 Å². The van der Waals surface area contributed by atoms with Gasteiger partial charge in [0.1, 0.15) is 0 Å². The van der Waals surface area contributed by atoms with Crippen LogP contribution in [0.1, 0.15) is 0 Å². The Morgan fingerprint density at radius 1 is 1.27 bits per heavy atom. The molecule has 11 heavy (non-hydrogen) atoms. The van der Waals surface area contributed by atoms with E-state index < -0.39 is 14.0 Å². The summed E-state index contributed by atoms with van der Waals surface area (Å²) in [5.41, 5.74) is 0. The third kappa shape index (κ3) is 276. The van der Waals surface area contributed by atoms with E-state index in [0.717, 1.165) is 0 Å². The van der Waals surface area contributed by atoms with Gasteiger partial charge in [-0.25, -0.2) is 0 Å². The minimum absolute atomic E-state index is 0. The SMILES string of the molecule is O=C([O-])O.O=P([O-])([O-])[O-].[Ca+2].[Sr+2]. The molecule has 0 heterocycles. The van der Waals surface area contributed by atoms with Crippen molar-refractivity contribution in [2.75, 3.05) is 0 Å². The zero-order chi connectivity index (χ0) is 8.08. The van der Waals surface area contributed by atoms with Gasteiger partial charge in [-0.05, 0) is 0 Å². The van der Waals surface area contributed by atoms with Crippen molar-refractivity contribution in [1.29, 1.82) is 0 Å². The van der Waals surface area contributed by atoms with Gasteiger partial charge in [-0.2, -0.15) is 7.82 Å². The Kier molecular flexibility index (Phi) is 25.5. The molecule has 0 rings (SSSR count).